The minimum Gasteiger partial charge on any atom is -0.470 e. The molecule has 2 aromatic heterocycles. The third-order valence-electron chi connectivity index (χ3n) is 4.75. The predicted octanol–water partition coefficient (Wildman–Crippen LogP) is 2.39. The molecule has 130 valence electrons. The lowest BCUT2D eigenvalue weighted by Gasteiger charge is -2.39. The number of carbonyl (C=O) groups excluding carboxylic acids is 1. The molecule has 7 nitrogen and oxygen atoms in total. The highest BCUT2D eigenvalue weighted by atomic mass is 79.9. The first-order valence-corrected chi connectivity index (χ1v) is 8.88. The number of carbonyl (C=O) groups is 1. The van der Waals surface area contributed by atoms with E-state index in [0.717, 1.165) is 43.8 Å². The molecule has 1 fully saturated rings. The van der Waals surface area contributed by atoms with E-state index in [-0.39, 0.29) is 11.3 Å². The minimum atomic E-state index is -0.488. The Morgan fingerprint density at radius 2 is 2.16 bits per heavy atom. The molecule has 0 unspecified atom stereocenters. The molecule has 25 heavy (non-hydrogen) atoms. The predicted molar refractivity (Wildman–Crippen MR) is 93.8 cm³/mol. The fourth-order valence-corrected chi connectivity index (χ4v) is 3.75. The van der Waals surface area contributed by atoms with Crippen LogP contribution in [0.15, 0.2) is 29.1 Å². The number of esters is 1. The van der Waals surface area contributed by atoms with Gasteiger partial charge in [-0.1, -0.05) is 6.07 Å². The Bertz CT molecular complexity index is 794. The molecule has 4 heterocycles. The van der Waals surface area contributed by atoms with E-state index in [9.17, 15) is 4.79 Å². The fourth-order valence-electron chi connectivity index (χ4n) is 3.47. The zero-order chi connectivity index (χ0) is 17.4. The average molecular weight is 405 g/mol. The van der Waals surface area contributed by atoms with E-state index < -0.39 is 5.97 Å². The van der Waals surface area contributed by atoms with E-state index in [2.05, 4.69) is 41.8 Å². The smallest absolute Gasteiger partial charge is 0.360 e. The lowest BCUT2D eigenvalue weighted by Crippen LogP contribution is -2.48. The van der Waals surface area contributed by atoms with Crippen molar-refractivity contribution in [2.45, 2.75) is 24.9 Å². The Hall–Kier alpha value is -2.22. The molecule has 0 N–H and O–H groups in total. The van der Waals surface area contributed by atoms with Crippen LogP contribution >= 0.6 is 15.9 Å². The second-order valence-corrected chi connectivity index (χ2v) is 7.09. The zero-order valence-corrected chi connectivity index (χ0v) is 15.3. The van der Waals surface area contributed by atoms with E-state index in [1.807, 2.05) is 6.07 Å². The van der Waals surface area contributed by atoms with Crippen molar-refractivity contribution in [3.05, 3.63) is 40.4 Å². The highest BCUT2D eigenvalue weighted by molar-refractivity contribution is 9.10. The number of halogens is 1. The Labute approximate surface area is 153 Å². The average Bonchev–Trinajstić information content (AvgIpc) is 2.99. The van der Waals surface area contributed by atoms with Crippen LogP contribution in [0, 0.1) is 0 Å². The number of piperidine rings is 1. The number of anilines is 1. The summed E-state index contributed by atoms with van der Waals surface area (Å²) in [7, 11) is 1.34. The standard InChI is InChI=1S/C17H17BrN4O3/c1-24-16(23)13-14(20-10-12(18)21-13)22-7-4-17(5-8-22)9-11-3-2-6-19-15(11)25-17/h2-3,6,10H,4-5,7-9H2,1H3. The zero-order valence-electron chi connectivity index (χ0n) is 13.7. The van der Waals surface area contributed by atoms with E-state index in [4.69, 9.17) is 9.47 Å². The van der Waals surface area contributed by atoms with Gasteiger partial charge in [-0.3, -0.25) is 0 Å². The Morgan fingerprint density at radius 1 is 1.36 bits per heavy atom. The van der Waals surface area contributed by atoms with Crippen molar-refractivity contribution in [2.24, 2.45) is 0 Å². The summed E-state index contributed by atoms with van der Waals surface area (Å²) >= 11 is 3.26. The molecular weight excluding hydrogens is 388 g/mol. The fraction of sp³-hybridized carbons (Fsp3) is 0.412. The maximum atomic E-state index is 12.0. The molecule has 0 atom stereocenters. The van der Waals surface area contributed by atoms with Crippen molar-refractivity contribution in [2.75, 3.05) is 25.1 Å². The Morgan fingerprint density at radius 3 is 2.88 bits per heavy atom. The van der Waals surface area contributed by atoms with Crippen LogP contribution < -0.4 is 9.64 Å². The summed E-state index contributed by atoms with van der Waals surface area (Å²) in [6.07, 6.45) is 5.90. The van der Waals surface area contributed by atoms with Crippen LogP contribution in [0.1, 0.15) is 28.9 Å². The lowest BCUT2D eigenvalue weighted by molar-refractivity contribution is 0.0589. The molecular formula is C17H17BrN4O3. The van der Waals surface area contributed by atoms with Crippen LogP contribution in [0.5, 0.6) is 5.88 Å². The van der Waals surface area contributed by atoms with Gasteiger partial charge in [0.15, 0.2) is 11.5 Å². The van der Waals surface area contributed by atoms with Crippen LogP contribution in [-0.4, -0.2) is 46.7 Å². The lowest BCUT2D eigenvalue weighted by atomic mass is 9.87. The Balaban J connectivity index is 1.53. The van der Waals surface area contributed by atoms with Gasteiger partial charge in [0, 0.05) is 44.1 Å². The number of ether oxygens (including phenoxy) is 2. The van der Waals surface area contributed by atoms with E-state index in [0.29, 0.717) is 10.4 Å². The molecule has 0 bridgehead atoms. The molecule has 2 aliphatic rings. The van der Waals surface area contributed by atoms with Crippen LogP contribution in [0.25, 0.3) is 0 Å². The topological polar surface area (TPSA) is 77.4 Å². The summed E-state index contributed by atoms with van der Waals surface area (Å²) in [5.74, 6) is 0.811. The van der Waals surface area contributed by atoms with E-state index >= 15 is 0 Å². The van der Waals surface area contributed by atoms with Gasteiger partial charge in [0.2, 0.25) is 5.88 Å². The second-order valence-electron chi connectivity index (χ2n) is 6.27. The largest absolute Gasteiger partial charge is 0.470 e. The van der Waals surface area contributed by atoms with Gasteiger partial charge in [0.05, 0.1) is 13.3 Å². The summed E-state index contributed by atoms with van der Waals surface area (Å²) in [5, 5.41) is 0. The highest BCUT2D eigenvalue weighted by Crippen LogP contribution is 2.40. The molecule has 0 amide bonds. The number of nitrogens with zero attached hydrogens (tertiary/aromatic N) is 4. The first-order valence-electron chi connectivity index (χ1n) is 8.09. The summed E-state index contributed by atoms with van der Waals surface area (Å²) in [6.45, 7) is 1.46. The van der Waals surface area contributed by atoms with Gasteiger partial charge in [-0.05, 0) is 22.0 Å². The van der Waals surface area contributed by atoms with Crippen LogP contribution in [0.4, 0.5) is 5.82 Å². The number of hydrogen-bond donors (Lipinski definition) is 0. The number of methoxy groups -OCH3 is 1. The molecule has 0 aromatic carbocycles. The van der Waals surface area contributed by atoms with Gasteiger partial charge in [-0.2, -0.15) is 0 Å². The number of hydrogen-bond acceptors (Lipinski definition) is 7. The maximum Gasteiger partial charge on any atom is 0.360 e. The second kappa shape index (κ2) is 6.25. The molecule has 0 radical (unpaired) electrons. The Kier molecular flexibility index (Phi) is 4.07. The summed E-state index contributed by atoms with van der Waals surface area (Å²) in [4.78, 5) is 27.0. The highest BCUT2D eigenvalue weighted by Gasteiger charge is 2.43. The molecule has 1 spiro atoms. The molecule has 1 saturated heterocycles. The number of rotatable bonds is 2. The molecule has 2 aromatic rings. The van der Waals surface area contributed by atoms with Gasteiger partial charge in [0.1, 0.15) is 10.2 Å². The van der Waals surface area contributed by atoms with E-state index in [1.165, 1.54) is 7.11 Å². The molecule has 0 saturated carbocycles. The van der Waals surface area contributed by atoms with Crippen molar-refractivity contribution < 1.29 is 14.3 Å². The quantitative estimate of drug-likeness (QED) is 0.710. The van der Waals surface area contributed by atoms with Crippen molar-refractivity contribution in [3.63, 3.8) is 0 Å². The van der Waals surface area contributed by atoms with Gasteiger partial charge < -0.3 is 14.4 Å². The first kappa shape index (κ1) is 16.3. The minimum absolute atomic E-state index is 0.207. The first-order chi connectivity index (χ1) is 12.1. The summed E-state index contributed by atoms with van der Waals surface area (Å²) in [6, 6.07) is 4.01. The number of pyridine rings is 1. The SMILES string of the molecule is COC(=O)c1nc(Br)cnc1N1CCC2(CC1)Cc1cccnc1O2. The van der Waals surface area contributed by atoms with Crippen LogP contribution in [0.3, 0.4) is 0 Å². The van der Waals surface area contributed by atoms with Crippen molar-refractivity contribution in [1.82, 2.24) is 15.0 Å². The van der Waals surface area contributed by atoms with E-state index in [1.54, 1.807) is 12.4 Å². The van der Waals surface area contributed by atoms with Gasteiger partial charge in [-0.25, -0.2) is 19.7 Å². The number of aromatic nitrogens is 3. The van der Waals surface area contributed by atoms with Crippen molar-refractivity contribution in [3.8, 4) is 5.88 Å². The van der Waals surface area contributed by atoms with Gasteiger partial charge in [-0.15, -0.1) is 0 Å². The normalized spacial score (nSPS) is 17.9. The monoisotopic (exact) mass is 404 g/mol. The van der Waals surface area contributed by atoms with Crippen LogP contribution in [0.2, 0.25) is 0 Å². The van der Waals surface area contributed by atoms with Crippen molar-refractivity contribution >= 4 is 27.7 Å². The molecule has 8 heteroatoms. The molecule has 2 aliphatic heterocycles. The van der Waals surface area contributed by atoms with Gasteiger partial charge >= 0.3 is 5.97 Å². The van der Waals surface area contributed by atoms with Crippen molar-refractivity contribution in [1.29, 1.82) is 0 Å². The maximum absolute atomic E-state index is 12.0. The third kappa shape index (κ3) is 2.95. The van der Waals surface area contributed by atoms with Crippen LogP contribution in [-0.2, 0) is 11.2 Å². The summed E-state index contributed by atoms with van der Waals surface area (Å²) in [5.41, 5.74) is 1.18. The van der Waals surface area contributed by atoms with Gasteiger partial charge in [0.25, 0.3) is 0 Å². The third-order valence-corrected chi connectivity index (χ3v) is 5.13. The molecule has 0 aliphatic carbocycles. The number of fused-ring (bicyclic) bond motifs is 1. The summed E-state index contributed by atoms with van der Waals surface area (Å²) < 4.78 is 11.5. The molecule has 4 rings (SSSR count).